The molecule has 9 heteroatoms. The van der Waals surface area contributed by atoms with E-state index in [-0.39, 0.29) is 17.1 Å². The molecule has 0 radical (unpaired) electrons. The van der Waals surface area contributed by atoms with Gasteiger partial charge in [-0.15, -0.1) is 0 Å². The van der Waals surface area contributed by atoms with Crippen LogP contribution in [0.3, 0.4) is 0 Å². The lowest BCUT2D eigenvalue weighted by Crippen LogP contribution is -2.42. The van der Waals surface area contributed by atoms with E-state index in [1.165, 1.54) is 18.5 Å². The molecule has 0 unspecified atom stereocenters. The van der Waals surface area contributed by atoms with Crippen LogP contribution >= 0.6 is 0 Å². The molecule has 0 saturated heterocycles. The summed E-state index contributed by atoms with van der Waals surface area (Å²) in [5.41, 5.74) is 0.467. The molecule has 3 N–H and O–H groups in total. The van der Waals surface area contributed by atoms with E-state index in [4.69, 9.17) is 0 Å². The molecule has 138 valence electrons. The summed E-state index contributed by atoms with van der Waals surface area (Å²) < 4.78 is 14.2. The molecule has 1 amide bonds. The summed E-state index contributed by atoms with van der Waals surface area (Å²) in [4.78, 5) is 24.7. The van der Waals surface area contributed by atoms with Crippen LogP contribution in [0.15, 0.2) is 43.0 Å². The maximum absolute atomic E-state index is 14.2. The highest BCUT2D eigenvalue weighted by atomic mass is 19.1. The third-order valence-corrected chi connectivity index (χ3v) is 4.82. The van der Waals surface area contributed by atoms with Crippen molar-refractivity contribution in [1.82, 2.24) is 25.1 Å². The van der Waals surface area contributed by atoms with Crippen LogP contribution in [0.25, 0.3) is 0 Å². The van der Waals surface area contributed by atoms with E-state index in [0.717, 1.165) is 19.3 Å². The summed E-state index contributed by atoms with van der Waals surface area (Å²) >= 11 is 0. The number of hydrogen-bond acceptors (Lipinski definition) is 6. The lowest BCUT2D eigenvalue weighted by Gasteiger charge is -2.41. The first-order valence-electron chi connectivity index (χ1n) is 8.64. The number of carbonyl (C=O) groups is 1. The molecule has 8 nitrogen and oxygen atoms in total. The standard InChI is InChI=1S/C18H18FN7O/c19-13-3-1-7-20-15(13)18(5-2-6-18)11-23-17-21-9-12(10-22-17)16(27)25-14-4-8-24-26-14/h1,3-4,7-10H,2,5-6,11H2,(H,21,22,23)(H2,24,25,26,27). The Hall–Kier alpha value is -3.36. The number of anilines is 2. The molecule has 4 rings (SSSR count). The fraction of sp³-hybridized carbons (Fsp3) is 0.278. The Morgan fingerprint density at radius 2 is 2.00 bits per heavy atom. The molecule has 0 aromatic carbocycles. The molecule has 0 bridgehead atoms. The van der Waals surface area contributed by atoms with Crippen molar-refractivity contribution in [3.63, 3.8) is 0 Å². The zero-order valence-electron chi connectivity index (χ0n) is 14.4. The molecule has 1 aliphatic carbocycles. The van der Waals surface area contributed by atoms with Crippen molar-refractivity contribution in [3.05, 3.63) is 60.1 Å². The third-order valence-electron chi connectivity index (χ3n) is 4.82. The van der Waals surface area contributed by atoms with Gasteiger partial charge in [-0.3, -0.25) is 14.9 Å². The number of nitrogens with one attached hydrogen (secondary N) is 3. The average Bonchev–Trinajstić information content (AvgIpc) is 3.15. The van der Waals surface area contributed by atoms with Crippen molar-refractivity contribution in [3.8, 4) is 0 Å². The quantitative estimate of drug-likeness (QED) is 0.618. The van der Waals surface area contributed by atoms with Crippen molar-refractivity contribution in [2.45, 2.75) is 24.7 Å². The SMILES string of the molecule is O=C(Nc1ccn[nH]1)c1cnc(NCC2(c3ncccc3F)CCC2)nc1. The van der Waals surface area contributed by atoms with E-state index >= 15 is 0 Å². The van der Waals surface area contributed by atoms with Crippen LogP contribution in [0.2, 0.25) is 0 Å². The van der Waals surface area contributed by atoms with E-state index in [1.54, 1.807) is 24.5 Å². The number of rotatable bonds is 6. The highest BCUT2D eigenvalue weighted by Crippen LogP contribution is 2.43. The summed E-state index contributed by atoms with van der Waals surface area (Å²) in [6.07, 6.45) is 8.79. The van der Waals surface area contributed by atoms with Crippen molar-refractivity contribution in [2.75, 3.05) is 17.2 Å². The largest absolute Gasteiger partial charge is 0.353 e. The summed E-state index contributed by atoms with van der Waals surface area (Å²) in [6, 6.07) is 4.67. The lowest BCUT2D eigenvalue weighted by atomic mass is 9.66. The van der Waals surface area contributed by atoms with E-state index in [9.17, 15) is 9.18 Å². The Labute approximate surface area is 154 Å². The van der Waals surface area contributed by atoms with Gasteiger partial charge in [0.25, 0.3) is 5.91 Å². The Morgan fingerprint density at radius 3 is 2.63 bits per heavy atom. The van der Waals surface area contributed by atoms with Crippen LogP contribution in [-0.2, 0) is 5.41 Å². The van der Waals surface area contributed by atoms with Crippen LogP contribution in [0, 0.1) is 5.82 Å². The minimum Gasteiger partial charge on any atom is -0.353 e. The van der Waals surface area contributed by atoms with Crippen LogP contribution in [0.5, 0.6) is 0 Å². The van der Waals surface area contributed by atoms with Crippen LogP contribution in [0.4, 0.5) is 16.2 Å². The van der Waals surface area contributed by atoms with Crippen molar-refractivity contribution >= 4 is 17.7 Å². The highest BCUT2D eigenvalue weighted by molar-refractivity contribution is 6.03. The molecule has 3 aromatic heterocycles. The van der Waals surface area contributed by atoms with Crippen LogP contribution in [-0.4, -0.2) is 37.6 Å². The first-order valence-corrected chi connectivity index (χ1v) is 8.64. The number of H-pyrrole nitrogens is 1. The number of nitrogens with zero attached hydrogens (tertiary/aromatic N) is 4. The number of aromatic amines is 1. The van der Waals surface area contributed by atoms with Crippen molar-refractivity contribution in [2.24, 2.45) is 0 Å². The lowest BCUT2D eigenvalue weighted by molar-refractivity contribution is 0.102. The monoisotopic (exact) mass is 367 g/mol. The van der Waals surface area contributed by atoms with Crippen LogP contribution in [0.1, 0.15) is 35.3 Å². The van der Waals surface area contributed by atoms with Gasteiger partial charge in [0.1, 0.15) is 11.6 Å². The van der Waals surface area contributed by atoms with Gasteiger partial charge >= 0.3 is 0 Å². The molecule has 0 atom stereocenters. The minimum absolute atomic E-state index is 0.286. The Kier molecular flexibility index (Phi) is 4.49. The van der Waals surface area contributed by atoms with Crippen LogP contribution < -0.4 is 10.6 Å². The first kappa shape index (κ1) is 17.1. The van der Waals surface area contributed by atoms with E-state index in [1.807, 2.05) is 0 Å². The molecular formula is C18H18FN7O. The van der Waals surface area contributed by atoms with E-state index < -0.39 is 0 Å². The maximum Gasteiger partial charge on any atom is 0.259 e. The van der Waals surface area contributed by atoms with Gasteiger partial charge in [-0.25, -0.2) is 14.4 Å². The normalized spacial score (nSPS) is 15.0. The summed E-state index contributed by atoms with van der Waals surface area (Å²) in [5.74, 6) is 0.254. The van der Waals surface area contributed by atoms with Gasteiger partial charge in [0.2, 0.25) is 5.95 Å². The topological polar surface area (TPSA) is 108 Å². The second kappa shape index (κ2) is 7.10. The van der Waals surface area contributed by atoms with Gasteiger partial charge in [-0.2, -0.15) is 5.10 Å². The third kappa shape index (κ3) is 3.48. The molecule has 0 spiro atoms. The highest BCUT2D eigenvalue weighted by Gasteiger charge is 2.41. The van der Waals surface area contributed by atoms with E-state index in [0.29, 0.717) is 29.6 Å². The van der Waals surface area contributed by atoms with E-state index in [2.05, 4.69) is 35.8 Å². The Morgan fingerprint density at radius 1 is 1.19 bits per heavy atom. The maximum atomic E-state index is 14.2. The smallest absolute Gasteiger partial charge is 0.259 e. The zero-order chi connectivity index (χ0) is 18.7. The van der Waals surface area contributed by atoms with Crippen molar-refractivity contribution in [1.29, 1.82) is 0 Å². The fourth-order valence-corrected chi connectivity index (χ4v) is 3.18. The fourth-order valence-electron chi connectivity index (χ4n) is 3.18. The van der Waals surface area contributed by atoms with Gasteiger partial charge in [0.05, 0.1) is 17.5 Å². The molecule has 1 fully saturated rings. The minimum atomic E-state index is -0.342. The number of carbonyl (C=O) groups excluding carboxylic acids is 1. The number of halogens is 1. The number of hydrogen-bond donors (Lipinski definition) is 3. The molecule has 1 saturated carbocycles. The number of amides is 1. The number of pyridine rings is 1. The molecule has 3 heterocycles. The van der Waals surface area contributed by atoms with Gasteiger partial charge in [-0.1, -0.05) is 6.42 Å². The van der Waals surface area contributed by atoms with Gasteiger partial charge in [0, 0.05) is 36.6 Å². The van der Waals surface area contributed by atoms with Gasteiger partial charge in [0.15, 0.2) is 0 Å². The molecular weight excluding hydrogens is 349 g/mol. The Bertz CT molecular complexity index is 923. The zero-order valence-corrected chi connectivity index (χ0v) is 14.4. The number of aromatic nitrogens is 5. The van der Waals surface area contributed by atoms with Gasteiger partial charge < -0.3 is 10.6 Å². The van der Waals surface area contributed by atoms with Crippen molar-refractivity contribution < 1.29 is 9.18 Å². The van der Waals surface area contributed by atoms with Gasteiger partial charge in [-0.05, 0) is 25.0 Å². The predicted octanol–water partition coefficient (Wildman–Crippen LogP) is 2.52. The Balaban J connectivity index is 1.41. The predicted molar refractivity (Wildman–Crippen MR) is 96.8 cm³/mol. The summed E-state index contributed by atoms with van der Waals surface area (Å²) in [5, 5.41) is 12.2. The summed E-state index contributed by atoms with van der Waals surface area (Å²) in [6.45, 7) is 0.487. The second-order valence-electron chi connectivity index (χ2n) is 6.54. The molecule has 1 aliphatic rings. The second-order valence-corrected chi connectivity index (χ2v) is 6.54. The average molecular weight is 367 g/mol. The molecule has 3 aromatic rings. The first-order chi connectivity index (χ1) is 13.2. The summed E-state index contributed by atoms with van der Waals surface area (Å²) in [7, 11) is 0. The molecule has 0 aliphatic heterocycles. The molecule has 27 heavy (non-hydrogen) atoms.